The molecule has 0 unspecified atom stereocenters. The summed E-state index contributed by atoms with van der Waals surface area (Å²) in [4.78, 5) is 0. The van der Waals surface area contributed by atoms with Crippen LogP contribution in [0.5, 0.6) is 0 Å². The highest BCUT2D eigenvalue weighted by atomic mass is 14.4. The van der Waals surface area contributed by atoms with Gasteiger partial charge in [-0.2, -0.15) is 0 Å². The Kier molecular flexibility index (Phi) is 23.9. The number of hydrogen-bond acceptors (Lipinski definition) is 0. The number of benzene rings is 2. The van der Waals surface area contributed by atoms with E-state index in [-0.39, 0.29) is 0 Å². The molecule has 6 saturated carbocycles. The molecule has 0 aromatic heterocycles. The van der Waals surface area contributed by atoms with Gasteiger partial charge in [-0.15, -0.1) is 0 Å². The van der Waals surface area contributed by atoms with Crippen LogP contribution in [0.25, 0.3) is 0 Å². The van der Waals surface area contributed by atoms with Gasteiger partial charge in [0.2, 0.25) is 0 Å². The fourth-order valence-electron chi connectivity index (χ4n) is 15.4. The second kappa shape index (κ2) is 29.5. The molecule has 0 atom stereocenters. The molecular weight excluding hydrogens is 781 g/mol. The van der Waals surface area contributed by atoms with Gasteiger partial charge < -0.3 is 0 Å². The molecule has 0 bridgehead atoms. The molecule has 2 aromatic carbocycles. The molecule has 0 N–H and O–H groups in total. The smallest absolute Gasteiger partial charge is 0.0162 e. The minimum absolute atomic E-state index is 0.841. The Bertz CT molecular complexity index is 1450. The Morgan fingerprint density at radius 2 is 0.600 bits per heavy atom. The molecule has 0 nitrogen and oxygen atoms in total. The summed E-state index contributed by atoms with van der Waals surface area (Å²) in [5.74, 6) is 12.4. The molecule has 0 heteroatoms. The van der Waals surface area contributed by atoms with Gasteiger partial charge in [-0.05, 0) is 204 Å². The third-order valence-electron chi connectivity index (χ3n) is 19.7. The third-order valence-corrected chi connectivity index (χ3v) is 19.7. The van der Waals surface area contributed by atoms with Crippen molar-refractivity contribution >= 4 is 0 Å². The lowest BCUT2D eigenvalue weighted by atomic mass is 9.68. The van der Waals surface area contributed by atoms with E-state index in [9.17, 15) is 0 Å². The van der Waals surface area contributed by atoms with Gasteiger partial charge in [0.25, 0.3) is 0 Å². The van der Waals surface area contributed by atoms with Crippen molar-refractivity contribution in [3.05, 3.63) is 70.8 Å². The van der Waals surface area contributed by atoms with Crippen LogP contribution in [0.4, 0.5) is 0 Å². The largest absolute Gasteiger partial charge is 0.0654 e. The summed E-state index contributed by atoms with van der Waals surface area (Å²) in [7, 11) is 0. The summed E-state index contributed by atoms with van der Waals surface area (Å²) in [5.41, 5.74) is 6.11. The molecule has 8 rings (SSSR count). The van der Waals surface area contributed by atoms with Crippen LogP contribution >= 0.6 is 0 Å². The maximum absolute atomic E-state index is 2.42. The second-order valence-corrected chi connectivity index (χ2v) is 24.3. The average Bonchev–Trinajstić information content (AvgIpc) is 3.36. The van der Waals surface area contributed by atoms with E-state index in [1.165, 1.54) is 184 Å². The Morgan fingerprint density at radius 3 is 0.892 bits per heavy atom. The van der Waals surface area contributed by atoms with Crippen LogP contribution in [0.3, 0.4) is 0 Å². The fraction of sp³-hybridized carbons (Fsp3) is 0.815. The van der Waals surface area contributed by atoms with Crippen LogP contribution in [0.2, 0.25) is 0 Å². The van der Waals surface area contributed by atoms with E-state index in [0.29, 0.717) is 0 Å². The van der Waals surface area contributed by atoms with Crippen molar-refractivity contribution in [3.63, 3.8) is 0 Å². The predicted octanol–water partition coefficient (Wildman–Crippen LogP) is 21.0. The first-order chi connectivity index (χ1) is 31.9. The van der Waals surface area contributed by atoms with Crippen molar-refractivity contribution in [1.82, 2.24) is 0 Å². The van der Waals surface area contributed by atoms with Crippen LogP contribution in [0, 0.1) is 66.1 Å². The van der Waals surface area contributed by atoms with Crippen molar-refractivity contribution < 1.29 is 0 Å². The van der Waals surface area contributed by atoms with E-state index in [0.717, 1.165) is 71.0 Å². The molecule has 65 heavy (non-hydrogen) atoms. The molecule has 0 amide bonds. The molecule has 0 spiro atoms. The van der Waals surface area contributed by atoms with Gasteiger partial charge in [-0.25, -0.2) is 0 Å². The molecular formula is C65H108. The number of hydrogen-bond donors (Lipinski definition) is 0. The molecule has 0 aliphatic heterocycles. The molecule has 0 radical (unpaired) electrons. The maximum Gasteiger partial charge on any atom is -0.0162 e. The first kappa shape index (κ1) is 52.8. The highest BCUT2D eigenvalue weighted by Gasteiger charge is 2.33. The molecule has 368 valence electrons. The maximum atomic E-state index is 2.42. The number of rotatable bonds is 16. The van der Waals surface area contributed by atoms with Gasteiger partial charge in [0, 0.05) is 0 Å². The molecule has 0 saturated heterocycles. The summed E-state index contributed by atoms with van der Waals surface area (Å²) < 4.78 is 0. The van der Waals surface area contributed by atoms with Crippen molar-refractivity contribution in [2.45, 2.75) is 278 Å². The van der Waals surface area contributed by atoms with Crippen LogP contribution < -0.4 is 0 Å². The van der Waals surface area contributed by atoms with Crippen LogP contribution in [0.1, 0.15) is 287 Å². The lowest BCUT2D eigenvalue weighted by Gasteiger charge is -2.38. The number of aryl methyl sites for hydroxylation is 2. The zero-order valence-corrected chi connectivity index (χ0v) is 44.3. The Hall–Kier alpha value is -1.56. The summed E-state index contributed by atoms with van der Waals surface area (Å²) in [6, 6.07) is 18.9. The standard InChI is InChI=1S/C24H38.C22H34.C19H36/c1-3-5-19-7-11-21(12-8-19)23-15-17-24(18-16-23)22-13-9-20(6-4-2)10-14-22;1-3-4-18-7-11-20(12-8-18)22-15-13-21(14-16-22)19-9-5-17(2)6-10-19;1-3-5-7-17-10-14-19(15-11-17)18-12-8-16(6-4-2)9-13-18/h7-8,11-12,20,22-24H,3-6,9-10,13-18H2,1-2H3;5-6,9-10,18,20-22H,3-4,7-8,11-16H2,1-2H3;16-19H,3-15H2,1-2H3. The Balaban J connectivity index is 0.000000163. The van der Waals surface area contributed by atoms with Gasteiger partial charge in [0.05, 0.1) is 0 Å². The molecule has 2 aromatic rings. The number of unbranched alkanes of at least 4 members (excludes halogenated alkanes) is 1. The highest BCUT2D eigenvalue weighted by Crippen LogP contribution is 2.47. The zero-order chi connectivity index (χ0) is 45.6. The van der Waals surface area contributed by atoms with E-state index in [1.54, 1.807) is 62.5 Å². The van der Waals surface area contributed by atoms with Crippen LogP contribution in [-0.4, -0.2) is 0 Å². The van der Waals surface area contributed by atoms with Crippen molar-refractivity contribution in [1.29, 1.82) is 0 Å². The fourth-order valence-corrected chi connectivity index (χ4v) is 15.4. The first-order valence-corrected chi connectivity index (χ1v) is 30.0. The van der Waals surface area contributed by atoms with Crippen LogP contribution in [-0.2, 0) is 6.42 Å². The summed E-state index contributed by atoms with van der Waals surface area (Å²) in [6.45, 7) is 13.8. The molecule has 6 aliphatic rings. The van der Waals surface area contributed by atoms with Gasteiger partial charge in [0.1, 0.15) is 0 Å². The van der Waals surface area contributed by atoms with Crippen molar-refractivity contribution in [3.8, 4) is 0 Å². The highest BCUT2D eigenvalue weighted by molar-refractivity contribution is 5.26. The van der Waals surface area contributed by atoms with Crippen molar-refractivity contribution in [2.75, 3.05) is 0 Å². The summed E-state index contributed by atoms with van der Waals surface area (Å²) in [5, 5.41) is 0. The van der Waals surface area contributed by atoms with E-state index in [1.807, 2.05) is 0 Å². The van der Waals surface area contributed by atoms with E-state index in [2.05, 4.69) is 90.1 Å². The lowest BCUT2D eigenvalue weighted by Crippen LogP contribution is -2.25. The normalized spacial score (nSPS) is 33.2. The molecule has 6 fully saturated rings. The third kappa shape index (κ3) is 17.4. The predicted molar refractivity (Wildman–Crippen MR) is 287 cm³/mol. The zero-order valence-electron chi connectivity index (χ0n) is 44.3. The molecule has 0 heterocycles. The quantitative estimate of drug-likeness (QED) is 0.158. The average molecular weight is 890 g/mol. The van der Waals surface area contributed by atoms with Crippen molar-refractivity contribution in [2.24, 2.45) is 59.2 Å². The second-order valence-electron chi connectivity index (χ2n) is 24.3. The van der Waals surface area contributed by atoms with Gasteiger partial charge in [-0.1, -0.05) is 204 Å². The van der Waals surface area contributed by atoms with Gasteiger partial charge in [0.15, 0.2) is 0 Å². The Labute approximate surface area is 406 Å². The van der Waals surface area contributed by atoms with E-state index in [4.69, 9.17) is 0 Å². The van der Waals surface area contributed by atoms with Gasteiger partial charge in [-0.3, -0.25) is 0 Å². The van der Waals surface area contributed by atoms with E-state index >= 15 is 0 Å². The SMILES string of the molecule is CCCC1CCC(C2CCC(c3ccc(C)cc3)CC2)CC1.CCCCC1CCC(C2CCC(CCC)CC2)CC1.CCCc1ccc(C2CCC(C3CCC(CCC)CC3)CC2)cc1. The first-order valence-electron chi connectivity index (χ1n) is 30.0. The minimum atomic E-state index is 0.841. The van der Waals surface area contributed by atoms with Gasteiger partial charge >= 0.3 is 0 Å². The monoisotopic (exact) mass is 889 g/mol. The summed E-state index contributed by atoms with van der Waals surface area (Å²) in [6.07, 6.45) is 51.9. The Morgan fingerprint density at radius 1 is 0.308 bits per heavy atom. The minimum Gasteiger partial charge on any atom is -0.0654 e. The lowest BCUT2D eigenvalue weighted by molar-refractivity contribution is 0.140. The topological polar surface area (TPSA) is 0 Å². The molecule has 6 aliphatic carbocycles. The van der Waals surface area contributed by atoms with E-state index < -0.39 is 0 Å². The summed E-state index contributed by atoms with van der Waals surface area (Å²) >= 11 is 0. The van der Waals surface area contributed by atoms with Crippen LogP contribution in [0.15, 0.2) is 48.5 Å².